The first kappa shape index (κ1) is 114. The SMILES string of the molecule is C.C.C.C.C.CC(C)(C)OC(=O)CC/C(=C\F)COc1ccc(-c2nc(C3CC3)n(CCO)n2)cc1.Cl.NC/C(=C\F)COc1ccc(-c2nc(C3CC3)n(CCO)n2)cc1.OCCI.OCCn1nc(-c2ccc(O)cc2)nc1C1CC1.OCCn1nc(-c2ccc(OCc3ccccc3)cc2)nc1C1CC1.[CH3-].[W].c1ccc(COc2ccc(-c3n[nH]c(C4CC4)n3)cc2)cc1. The third-order valence-corrected chi connectivity index (χ3v) is 20.4. The van der Waals surface area contributed by atoms with E-state index < -0.39 is 5.60 Å². The molecular weight excluding hydrogens is 1990 g/mol. The summed E-state index contributed by atoms with van der Waals surface area (Å²) in [6, 6.07) is 57.5. The standard InChI is InChI=1S/C23H30FN3O4.C20H21N3O2.C18H17N3O.C17H21FN4O2.C13H15N3O2.C2H5IO.5CH4.CH3.ClH.W/c1-23(2,3)31-20(29)11-4-16(14-24)15-30-19-9-7-17(8-10-19)21-25-22(18-5-6-18)27(26-21)12-13-28;24-13-12-23-20(17-6-7-17)21-19(22-23)16-8-10-18(11-9-16)25-14-15-4-2-1-3-5-15;1-2-4-13(5-3-1)12-22-16-10-8-15(9-11-16)18-19-17(20-21-18)14-6-7-14;18-9-12(10-19)11-24-15-5-3-13(4-6-15)16-20-17(14-1-2-14)22(21-16)7-8-23;17-8-7-16-13(10-1-2-10)14-12(15-16)9-3-5-11(18)6-4-9;3-1-2-4;;;;;;;;/h7-10,14,18,28H,4-6,11-13,15H2,1-3H3;1-5,8-11,17,24H,6-7,12-14H2;1-5,8-11,14H,6-7,12H2,(H,19,20,21);3-6,9,14,23H,1-2,7-8,10-11,19H2;3-6,10,17-18H,1-2,7-8H2;4H,1-2H2;5*1H4;1H3;1H;/q;;;;;;;;;;;-1;;/b16-14+;;;12-9+;;;;;;;;;;. The molecule has 0 amide bonds. The maximum Gasteiger partial charge on any atom is 0.306 e. The fourth-order valence-corrected chi connectivity index (χ4v) is 12.7. The van der Waals surface area contributed by atoms with E-state index in [4.69, 9.17) is 44.7 Å². The van der Waals surface area contributed by atoms with Gasteiger partial charge in [0.25, 0.3) is 0 Å². The first-order valence-corrected chi connectivity index (χ1v) is 43.6. The largest absolute Gasteiger partial charge is 0.508 e. The van der Waals surface area contributed by atoms with E-state index in [1.807, 2.05) is 126 Å². The summed E-state index contributed by atoms with van der Waals surface area (Å²) >= 11 is 2.10. The second-order valence-electron chi connectivity index (χ2n) is 31.4. The third-order valence-electron chi connectivity index (χ3n) is 19.9. The Kier molecular flexibility index (Phi) is 49.9. The number of benzene rings is 7. The monoisotopic (exact) mass is 2120 g/mol. The Morgan fingerprint density at radius 1 is 0.439 bits per heavy atom. The number of alkyl halides is 1. The van der Waals surface area contributed by atoms with Crippen LogP contribution < -0.4 is 24.7 Å². The molecule has 33 heteroatoms. The van der Waals surface area contributed by atoms with Crippen LogP contribution in [0.1, 0.15) is 205 Å². The summed E-state index contributed by atoms with van der Waals surface area (Å²) in [4.78, 5) is 34.8. The van der Waals surface area contributed by atoms with E-state index in [1.165, 1.54) is 12.8 Å². The number of phenols is 1. The van der Waals surface area contributed by atoms with Crippen molar-refractivity contribution >= 4 is 41.0 Å². The molecule has 0 radical (unpaired) electrons. The van der Waals surface area contributed by atoms with Crippen molar-refractivity contribution in [3.63, 3.8) is 0 Å². The molecule has 0 bridgehead atoms. The van der Waals surface area contributed by atoms with E-state index in [0.717, 1.165) is 141 Å². The zero-order valence-corrected chi connectivity index (χ0v) is 77.8. The summed E-state index contributed by atoms with van der Waals surface area (Å²) in [6.45, 7) is 9.20. The summed E-state index contributed by atoms with van der Waals surface area (Å²) < 4.78 is 61.7. The number of nitrogens with two attached hydrogens (primary N) is 1. The van der Waals surface area contributed by atoms with Gasteiger partial charge in [-0.3, -0.25) is 9.89 Å². The molecule has 12 aromatic rings. The van der Waals surface area contributed by atoms with Crippen LogP contribution in [0.3, 0.4) is 0 Å². The number of hydrogen-bond donors (Lipinski definition) is 8. The normalized spacial score (nSPS) is 13.3. The van der Waals surface area contributed by atoms with Crippen LogP contribution in [0.25, 0.3) is 56.9 Å². The molecule has 0 aliphatic heterocycles. The molecule has 132 heavy (non-hydrogen) atoms. The van der Waals surface area contributed by atoms with Gasteiger partial charge in [-0.2, -0.15) is 25.5 Å². The topological polar surface area (TPSA) is 375 Å². The van der Waals surface area contributed by atoms with Gasteiger partial charge in [-0.15, -0.1) is 12.4 Å². The number of H-pyrrole nitrogens is 1. The molecule has 5 saturated carbocycles. The number of phenolic OH excluding ortho intramolecular Hbond substituents is 1. The molecule has 5 heterocycles. The Labute approximate surface area is 810 Å². The van der Waals surface area contributed by atoms with Crippen LogP contribution in [-0.4, -0.2) is 174 Å². The summed E-state index contributed by atoms with van der Waals surface area (Å²) in [7, 11) is 0. The molecule has 716 valence electrons. The molecule has 0 spiro atoms. The second kappa shape index (κ2) is 57.8. The van der Waals surface area contributed by atoms with Crippen LogP contribution in [0.4, 0.5) is 8.78 Å². The van der Waals surface area contributed by atoms with Gasteiger partial charge in [-0.05, 0) is 229 Å². The fraction of sp³-hybridized carbons (Fsp3) is 0.414. The van der Waals surface area contributed by atoms with Crippen molar-refractivity contribution in [1.82, 2.24) is 74.2 Å². The summed E-state index contributed by atoms with van der Waals surface area (Å²) in [5.74, 6) is 13.5. The minimum Gasteiger partial charge on any atom is -0.508 e. The molecule has 0 saturated heterocycles. The molecule has 5 fully saturated rings. The van der Waals surface area contributed by atoms with Crippen molar-refractivity contribution in [2.75, 3.05) is 57.2 Å². The van der Waals surface area contributed by atoms with E-state index >= 15 is 0 Å². The Morgan fingerprint density at radius 2 is 0.735 bits per heavy atom. The van der Waals surface area contributed by atoms with Gasteiger partial charge < -0.3 is 67.5 Å². The number of aromatic hydroxyl groups is 1. The first-order chi connectivity index (χ1) is 60.4. The van der Waals surface area contributed by atoms with Crippen LogP contribution in [0.15, 0.2) is 206 Å². The first-order valence-electron chi connectivity index (χ1n) is 42.0. The van der Waals surface area contributed by atoms with Crippen LogP contribution in [0.5, 0.6) is 28.7 Å². The fourth-order valence-electron chi connectivity index (χ4n) is 12.7. The van der Waals surface area contributed by atoms with Crippen LogP contribution >= 0.6 is 35.0 Å². The number of carbonyl (C=O) groups excluding carboxylic acids is 1. The number of nitrogens with one attached hydrogen (secondary N) is 1. The van der Waals surface area contributed by atoms with Gasteiger partial charge in [-0.1, -0.05) is 120 Å². The molecule has 0 atom stereocenters. The number of ether oxygens (including phenoxy) is 5. The Bertz CT molecular complexity index is 5320. The number of rotatable bonds is 35. The van der Waals surface area contributed by atoms with Gasteiger partial charge in [-0.25, -0.2) is 52.4 Å². The van der Waals surface area contributed by atoms with E-state index in [9.17, 15) is 28.9 Å². The molecule has 5 aliphatic carbocycles. The van der Waals surface area contributed by atoms with Crippen molar-refractivity contribution in [3.8, 4) is 85.7 Å². The number of aliphatic hydroxyl groups is 5. The average Bonchev–Trinajstić information content (AvgIpc) is 1.66. The van der Waals surface area contributed by atoms with Gasteiger partial charge in [0.2, 0.25) is 0 Å². The van der Waals surface area contributed by atoms with E-state index in [0.29, 0.717) is 134 Å². The Balaban J connectivity index is 0.000000339. The van der Waals surface area contributed by atoms with Gasteiger partial charge in [0.1, 0.15) is 89.9 Å². The van der Waals surface area contributed by atoms with Gasteiger partial charge in [0.15, 0.2) is 29.1 Å². The van der Waals surface area contributed by atoms with Gasteiger partial charge in [0, 0.05) is 101 Å². The predicted octanol–water partition coefficient (Wildman–Crippen LogP) is 19.5. The number of aliphatic hydroxyl groups excluding tert-OH is 5. The summed E-state index contributed by atoms with van der Waals surface area (Å²) in [6.07, 6.45) is 12.8. The second-order valence-corrected chi connectivity index (χ2v) is 32.5. The number of hydrogen-bond acceptors (Lipinski definition) is 23. The molecule has 5 aliphatic rings. The molecule has 7 aromatic carbocycles. The van der Waals surface area contributed by atoms with Gasteiger partial charge >= 0.3 is 5.97 Å². The van der Waals surface area contributed by atoms with Crippen molar-refractivity contribution in [2.45, 2.75) is 210 Å². The number of esters is 1. The Morgan fingerprint density at radius 3 is 1.02 bits per heavy atom. The zero-order valence-electron chi connectivity index (χ0n) is 71.9. The smallest absolute Gasteiger partial charge is 0.306 e. The van der Waals surface area contributed by atoms with Gasteiger partial charge in [0.05, 0.1) is 71.9 Å². The van der Waals surface area contributed by atoms with Crippen molar-refractivity contribution in [2.24, 2.45) is 5.73 Å². The maximum atomic E-state index is 13.2. The van der Waals surface area contributed by atoms with Crippen molar-refractivity contribution in [1.29, 1.82) is 0 Å². The third kappa shape index (κ3) is 35.8. The van der Waals surface area contributed by atoms with E-state index in [-0.39, 0.29) is 149 Å². The van der Waals surface area contributed by atoms with Crippen molar-refractivity contribution < 1.29 is 89.0 Å². The summed E-state index contributed by atoms with van der Waals surface area (Å²) in [5.41, 5.74) is 12.5. The molecule has 9 N–H and O–H groups in total. The van der Waals surface area contributed by atoms with Crippen LogP contribution in [0, 0.1) is 7.43 Å². The van der Waals surface area contributed by atoms with Crippen LogP contribution in [-0.2, 0) is 70.0 Å². The number of aromatic amines is 1. The quantitative estimate of drug-likeness (QED) is 0.00791. The minimum absolute atomic E-state index is 0. The molecule has 5 aromatic heterocycles. The van der Waals surface area contributed by atoms with Crippen molar-refractivity contribution in [3.05, 3.63) is 253 Å². The minimum atomic E-state index is -0.558. The van der Waals surface area contributed by atoms with Crippen LogP contribution in [0.2, 0.25) is 0 Å². The van der Waals surface area contributed by atoms with E-state index in [2.05, 4.69) is 90.2 Å². The number of aromatic nitrogens is 15. The average molecular weight is 2120 g/mol. The number of carbonyl (C=O) groups is 1. The molecule has 28 nitrogen and oxygen atoms in total. The zero-order chi connectivity index (χ0) is 87.2. The maximum absolute atomic E-state index is 13.2. The molecule has 0 unspecified atom stereocenters. The number of nitrogens with zero attached hydrogens (tertiary/aromatic N) is 14. The number of halogens is 4. The van der Waals surface area contributed by atoms with E-state index in [1.54, 1.807) is 83.3 Å². The molecule has 17 rings (SSSR count). The molecular formula is C99H133ClF2IN16O12W-. The Hall–Kier alpha value is -10.5. The summed E-state index contributed by atoms with van der Waals surface area (Å²) in [5, 5.41) is 79.1. The predicted molar refractivity (Wildman–Crippen MR) is 522 cm³/mol.